The predicted molar refractivity (Wildman–Crippen MR) is 81.1 cm³/mol. The molecular weight excluding hydrogens is 273 g/mol. The zero-order chi connectivity index (χ0) is 14.1. The summed E-state index contributed by atoms with van der Waals surface area (Å²) in [5.74, 6) is 0.171. The summed E-state index contributed by atoms with van der Waals surface area (Å²) in [6, 6.07) is 8.41. The molecular formula is C15H14FN3S. The van der Waals surface area contributed by atoms with Gasteiger partial charge in [0, 0.05) is 0 Å². The van der Waals surface area contributed by atoms with Crippen LogP contribution in [0.2, 0.25) is 0 Å². The Bertz CT molecular complexity index is 728. The van der Waals surface area contributed by atoms with Gasteiger partial charge in [0.2, 0.25) is 0 Å². The first kappa shape index (κ1) is 12.9. The predicted octanol–water partition coefficient (Wildman–Crippen LogP) is 4.09. The van der Waals surface area contributed by atoms with Crippen LogP contribution in [-0.4, -0.2) is 10.2 Å². The number of nitrogens with one attached hydrogen (secondary N) is 1. The van der Waals surface area contributed by atoms with Gasteiger partial charge in [0.1, 0.15) is 5.82 Å². The monoisotopic (exact) mass is 287 g/mol. The van der Waals surface area contributed by atoms with Gasteiger partial charge in [0.25, 0.3) is 0 Å². The number of hydrogen-bond donors (Lipinski definition) is 2. The molecule has 0 fully saturated rings. The molecule has 0 atom stereocenters. The lowest BCUT2D eigenvalue weighted by Crippen LogP contribution is -1.89. The second kappa shape index (κ2) is 5.09. The van der Waals surface area contributed by atoms with E-state index in [-0.39, 0.29) is 5.82 Å². The van der Waals surface area contributed by atoms with Crippen molar-refractivity contribution >= 4 is 17.2 Å². The van der Waals surface area contributed by atoms with Crippen LogP contribution in [0.3, 0.4) is 0 Å². The standard InChI is InChI=1S/C15H14FN3S/c1-2-9-7-8-20-14(9)13-12(15(17)19-18-13)10-3-5-11(16)6-4-10/h3-8H,2H2,1H3,(H3,17,18,19). The highest BCUT2D eigenvalue weighted by molar-refractivity contribution is 7.13. The summed E-state index contributed by atoms with van der Waals surface area (Å²) in [6.45, 7) is 2.11. The Labute approximate surface area is 120 Å². The lowest BCUT2D eigenvalue weighted by Gasteiger charge is -2.05. The summed E-state index contributed by atoms with van der Waals surface area (Å²) in [6.07, 6.45) is 0.945. The van der Waals surface area contributed by atoms with Gasteiger partial charge in [-0.05, 0) is 41.1 Å². The molecule has 1 aromatic carbocycles. The number of anilines is 1. The first-order valence-electron chi connectivity index (χ1n) is 6.37. The first-order valence-corrected chi connectivity index (χ1v) is 7.25. The zero-order valence-corrected chi connectivity index (χ0v) is 11.8. The molecule has 0 aliphatic carbocycles. The summed E-state index contributed by atoms with van der Waals surface area (Å²) in [4.78, 5) is 1.14. The molecule has 5 heteroatoms. The molecule has 0 aliphatic heterocycles. The number of rotatable bonds is 3. The van der Waals surface area contributed by atoms with Crippen molar-refractivity contribution in [3.8, 4) is 21.7 Å². The molecule has 0 spiro atoms. The minimum Gasteiger partial charge on any atom is -0.382 e. The minimum atomic E-state index is -0.261. The molecule has 0 bridgehead atoms. The van der Waals surface area contributed by atoms with Crippen molar-refractivity contribution in [3.63, 3.8) is 0 Å². The van der Waals surface area contributed by atoms with Gasteiger partial charge in [0.15, 0.2) is 5.82 Å². The molecule has 0 saturated heterocycles. The first-order chi connectivity index (χ1) is 9.70. The smallest absolute Gasteiger partial charge is 0.153 e. The van der Waals surface area contributed by atoms with Crippen molar-refractivity contribution in [2.24, 2.45) is 0 Å². The van der Waals surface area contributed by atoms with Gasteiger partial charge in [-0.15, -0.1) is 11.3 Å². The Hall–Kier alpha value is -2.14. The van der Waals surface area contributed by atoms with Crippen LogP contribution in [-0.2, 0) is 6.42 Å². The number of H-pyrrole nitrogens is 1. The fourth-order valence-corrected chi connectivity index (χ4v) is 3.26. The van der Waals surface area contributed by atoms with Gasteiger partial charge in [-0.3, -0.25) is 5.10 Å². The molecule has 2 heterocycles. The lowest BCUT2D eigenvalue weighted by molar-refractivity contribution is 0.628. The normalized spacial score (nSPS) is 10.9. The summed E-state index contributed by atoms with van der Waals surface area (Å²) in [7, 11) is 0. The van der Waals surface area contributed by atoms with E-state index in [9.17, 15) is 4.39 Å². The third-order valence-corrected chi connectivity index (χ3v) is 4.26. The van der Waals surface area contributed by atoms with Gasteiger partial charge in [-0.25, -0.2) is 4.39 Å². The minimum absolute atomic E-state index is 0.261. The molecule has 3 rings (SSSR count). The van der Waals surface area contributed by atoms with Crippen molar-refractivity contribution < 1.29 is 4.39 Å². The Kier molecular flexibility index (Phi) is 3.28. The van der Waals surface area contributed by atoms with Gasteiger partial charge < -0.3 is 5.73 Å². The number of halogens is 1. The Balaban J connectivity index is 2.17. The Morgan fingerprint density at radius 2 is 2.00 bits per heavy atom. The molecule has 3 aromatic rings. The van der Waals surface area contributed by atoms with Crippen molar-refractivity contribution in [1.29, 1.82) is 0 Å². The molecule has 0 unspecified atom stereocenters. The maximum Gasteiger partial charge on any atom is 0.153 e. The number of thiophene rings is 1. The highest BCUT2D eigenvalue weighted by atomic mass is 32.1. The topological polar surface area (TPSA) is 54.7 Å². The van der Waals surface area contributed by atoms with Crippen LogP contribution in [0.15, 0.2) is 35.7 Å². The molecule has 3 nitrogen and oxygen atoms in total. The number of benzene rings is 1. The molecule has 0 amide bonds. The molecule has 3 N–H and O–H groups in total. The largest absolute Gasteiger partial charge is 0.382 e. The highest BCUT2D eigenvalue weighted by Gasteiger charge is 2.17. The molecule has 102 valence electrons. The van der Waals surface area contributed by atoms with Crippen LogP contribution in [0.4, 0.5) is 10.2 Å². The summed E-state index contributed by atoms with van der Waals surface area (Å²) in [5, 5.41) is 9.17. The van der Waals surface area contributed by atoms with Crippen molar-refractivity contribution in [3.05, 3.63) is 47.1 Å². The van der Waals surface area contributed by atoms with Gasteiger partial charge in [-0.1, -0.05) is 19.1 Å². The SMILES string of the molecule is CCc1ccsc1-c1[nH]nc(N)c1-c1ccc(F)cc1. The maximum absolute atomic E-state index is 13.1. The van der Waals surface area contributed by atoms with E-state index in [1.807, 2.05) is 0 Å². The van der Waals surface area contributed by atoms with Crippen LogP contribution in [0.1, 0.15) is 12.5 Å². The van der Waals surface area contributed by atoms with Crippen molar-refractivity contribution in [2.75, 3.05) is 5.73 Å². The average molecular weight is 287 g/mol. The Morgan fingerprint density at radius 1 is 1.25 bits per heavy atom. The number of aromatic nitrogens is 2. The van der Waals surface area contributed by atoms with Crippen molar-refractivity contribution in [2.45, 2.75) is 13.3 Å². The second-order valence-electron chi connectivity index (χ2n) is 4.49. The summed E-state index contributed by atoms with van der Waals surface area (Å²) >= 11 is 1.65. The number of aryl methyl sites for hydroxylation is 1. The third kappa shape index (κ3) is 2.10. The van der Waals surface area contributed by atoms with Crippen LogP contribution in [0.5, 0.6) is 0 Å². The quantitative estimate of drug-likeness (QED) is 0.762. The van der Waals surface area contributed by atoms with Crippen LogP contribution in [0, 0.1) is 5.82 Å². The number of aromatic amines is 1. The van der Waals surface area contributed by atoms with Crippen LogP contribution < -0.4 is 5.73 Å². The zero-order valence-electron chi connectivity index (χ0n) is 11.0. The van der Waals surface area contributed by atoms with E-state index in [2.05, 4.69) is 28.6 Å². The number of hydrogen-bond acceptors (Lipinski definition) is 3. The second-order valence-corrected chi connectivity index (χ2v) is 5.41. The molecule has 20 heavy (non-hydrogen) atoms. The number of nitrogen functional groups attached to an aromatic ring is 1. The van der Waals surface area contributed by atoms with Gasteiger partial charge in [-0.2, -0.15) is 5.10 Å². The molecule has 0 radical (unpaired) electrons. The molecule has 2 aromatic heterocycles. The van der Waals surface area contributed by atoms with E-state index in [0.29, 0.717) is 5.82 Å². The fourth-order valence-electron chi connectivity index (χ4n) is 2.26. The van der Waals surface area contributed by atoms with E-state index < -0.39 is 0 Å². The molecule has 0 aliphatic rings. The highest BCUT2D eigenvalue weighted by Crippen LogP contribution is 2.38. The van der Waals surface area contributed by atoms with E-state index in [1.165, 1.54) is 17.7 Å². The fraction of sp³-hybridized carbons (Fsp3) is 0.133. The van der Waals surface area contributed by atoms with Gasteiger partial charge >= 0.3 is 0 Å². The maximum atomic E-state index is 13.1. The summed E-state index contributed by atoms with van der Waals surface area (Å²) in [5.41, 5.74) is 9.83. The van der Waals surface area contributed by atoms with E-state index in [4.69, 9.17) is 5.73 Å². The molecule has 0 saturated carbocycles. The third-order valence-electron chi connectivity index (χ3n) is 3.28. The van der Waals surface area contributed by atoms with Gasteiger partial charge in [0.05, 0.1) is 16.1 Å². The van der Waals surface area contributed by atoms with E-state index >= 15 is 0 Å². The number of nitrogens with zero attached hydrogens (tertiary/aromatic N) is 1. The lowest BCUT2D eigenvalue weighted by atomic mass is 10.0. The average Bonchev–Trinajstić information content (AvgIpc) is 3.05. The Morgan fingerprint density at radius 3 is 2.70 bits per heavy atom. The van der Waals surface area contributed by atoms with Crippen LogP contribution >= 0.6 is 11.3 Å². The summed E-state index contributed by atoms with van der Waals surface area (Å²) < 4.78 is 13.1. The van der Waals surface area contributed by atoms with Crippen LogP contribution in [0.25, 0.3) is 21.7 Å². The van der Waals surface area contributed by atoms with E-state index in [1.54, 1.807) is 23.5 Å². The number of nitrogens with two attached hydrogens (primary N) is 1. The van der Waals surface area contributed by atoms with E-state index in [0.717, 1.165) is 28.1 Å². The van der Waals surface area contributed by atoms with Crippen molar-refractivity contribution in [1.82, 2.24) is 10.2 Å².